The Morgan fingerprint density at radius 2 is 1.25 bits per heavy atom. The molecule has 1 aliphatic rings. The first kappa shape index (κ1) is 17.2. The third kappa shape index (κ3) is 3.55. The second-order valence-corrected chi connectivity index (χ2v) is 7.16. The quantitative estimate of drug-likeness (QED) is 0.674. The molecular formula is C22H30N2. The average Bonchev–Trinajstić information content (AvgIpc) is 2.59. The summed E-state index contributed by atoms with van der Waals surface area (Å²) >= 11 is 0. The van der Waals surface area contributed by atoms with Gasteiger partial charge in [0.1, 0.15) is 0 Å². The maximum atomic E-state index is 2.52. The number of nitrogens with zero attached hydrogens (tertiary/aromatic N) is 2. The molecule has 2 nitrogen and oxygen atoms in total. The maximum absolute atomic E-state index is 2.52. The van der Waals surface area contributed by atoms with Gasteiger partial charge in [-0.1, -0.05) is 50.2 Å². The van der Waals surface area contributed by atoms with Crippen LogP contribution in [0.15, 0.2) is 36.4 Å². The van der Waals surface area contributed by atoms with E-state index in [1.54, 1.807) is 11.1 Å². The number of hydrogen-bond donors (Lipinski definition) is 0. The molecule has 0 atom stereocenters. The number of fused-ring (bicyclic) bond motifs is 2. The zero-order valence-corrected chi connectivity index (χ0v) is 15.6. The van der Waals surface area contributed by atoms with Crippen LogP contribution in [0.5, 0.6) is 0 Å². The second-order valence-electron chi connectivity index (χ2n) is 7.16. The predicted molar refractivity (Wildman–Crippen MR) is 103 cm³/mol. The van der Waals surface area contributed by atoms with Crippen LogP contribution >= 0.6 is 0 Å². The van der Waals surface area contributed by atoms with Crippen molar-refractivity contribution in [2.45, 2.75) is 39.8 Å². The summed E-state index contributed by atoms with van der Waals surface area (Å²) in [5.41, 5.74) is 9.18. The van der Waals surface area contributed by atoms with Gasteiger partial charge in [-0.15, -0.1) is 0 Å². The van der Waals surface area contributed by atoms with E-state index in [2.05, 4.69) is 74.1 Å². The van der Waals surface area contributed by atoms with Gasteiger partial charge in [0.15, 0.2) is 0 Å². The van der Waals surface area contributed by atoms with E-state index >= 15 is 0 Å². The third-order valence-electron chi connectivity index (χ3n) is 5.25. The van der Waals surface area contributed by atoms with Crippen LogP contribution in [-0.4, -0.2) is 37.0 Å². The standard InChI is InChI=1S/C22H30N2/c1-5-24(6-2)16-20-12-11-19(15-23(3)4)21-13-17-9-7-8-10-18(17)14-22(20)21/h7-12H,5-6,13-16H2,1-4H3. The zero-order chi connectivity index (χ0) is 17.1. The van der Waals surface area contributed by atoms with Gasteiger partial charge in [-0.3, -0.25) is 4.90 Å². The van der Waals surface area contributed by atoms with Gasteiger partial charge in [-0.05, 0) is 73.4 Å². The highest BCUT2D eigenvalue weighted by Crippen LogP contribution is 2.32. The van der Waals surface area contributed by atoms with Crippen molar-refractivity contribution >= 4 is 0 Å². The van der Waals surface area contributed by atoms with Gasteiger partial charge in [0.2, 0.25) is 0 Å². The molecule has 2 aromatic rings. The molecule has 0 fully saturated rings. The van der Waals surface area contributed by atoms with E-state index < -0.39 is 0 Å². The monoisotopic (exact) mass is 322 g/mol. The van der Waals surface area contributed by atoms with Crippen LogP contribution in [0.3, 0.4) is 0 Å². The van der Waals surface area contributed by atoms with E-state index in [0.29, 0.717) is 0 Å². The van der Waals surface area contributed by atoms with E-state index in [0.717, 1.165) is 39.0 Å². The van der Waals surface area contributed by atoms with Gasteiger partial charge in [-0.25, -0.2) is 0 Å². The molecule has 0 amide bonds. The summed E-state index contributed by atoms with van der Waals surface area (Å²) < 4.78 is 0. The van der Waals surface area contributed by atoms with Crippen LogP contribution in [0, 0.1) is 0 Å². The Bertz CT molecular complexity index is 699. The molecule has 0 radical (unpaired) electrons. The largest absolute Gasteiger partial charge is 0.305 e. The Morgan fingerprint density at radius 3 is 1.71 bits per heavy atom. The SMILES string of the molecule is CCN(CC)Cc1ccc(CN(C)C)c2c1Cc1ccccc1C2. The van der Waals surface area contributed by atoms with E-state index in [9.17, 15) is 0 Å². The van der Waals surface area contributed by atoms with Crippen LogP contribution in [0.1, 0.15) is 47.2 Å². The third-order valence-corrected chi connectivity index (χ3v) is 5.25. The lowest BCUT2D eigenvalue weighted by atomic mass is 9.81. The molecular weight excluding hydrogens is 292 g/mol. The highest BCUT2D eigenvalue weighted by Gasteiger charge is 2.21. The van der Waals surface area contributed by atoms with Crippen molar-refractivity contribution in [2.75, 3.05) is 27.2 Å². The van der Waals surface area contributed by atoms with Gasteiger partial charge in [0, 0.05) is 13.1 Å². The molecule has 24 heavy (non-hydrogen) atoms. The molecule has 0 bridgehead atoms. The molecule has 2 heteroatoms. The first-order chi connectivity index (χ1) is 11.6. The van der Waals surface area contributed by atoms with Crippen molar-refractivity contribution < 1.29 is 0 Å². The van der Waals surface area contributed by atoms with Gasteiger partial charge in [0.05, 0.1) is 0 Å². The van der Waals surface area contributed by atoms with Crippen molar-refractivity contribution in [3.63, 3.8) is 0 Å². The van der Waals surface area contributed by atoms with Gasteiger partial charge < -0.3 is 4.90 Å². The minimum atomic E-state index is 1.02. The molecule has 0 spiro atoms. The summed E-state index contributed by atoms with van der Waals surface area (Å²) in [7, 11) is 4.32. The Kier molecular flexibility index (Phi) is 5.37. The first-order valence-electron chi connectivity index (χ1n) is 9.18. The lowest BCUT2D eigenvalue weighted by Gasteiger charge is -2.28. The summed E-state index contributed by atoms with van der Waals surface area (Å²) in [6.45, 7) is 8.83. The predicted octanol–water partition coefficient (Wildman–Crippen LogP) is 4.09. The number of rotatable bonds is 6. The van der Waals surface area contributed by atoms with Gasteiger partial charge in [-0.2, -0.15) is 0 Å². The van der Waals surface area contributed by atoms with Crippen LogP contribution in [0.2, 0.25) is 0 Å². The van der Waals surface area contributed by atoms with E-state index in [1.165, 1.54) is 22.3 Å². The summed E-state index contributed by atoms with van der Waals surface area (Å²) in [6, 6.07) is 13.7. The molecule has 2 aromatic carbocycles. The maximum Gasteiger partial charge on any atom is 0.0236 e. The molecule has 0 heterocycles. The molecule has 128 valence electrons. The van der Waals surface area contributed by atoms with E-state index in [1.807, 2.05) is 0 Å². The van der Waals surface area contributed by atoms with E-state index in [4.69, 9.17) is 0 Å². The molecule has 0 aliphatic heterocycles. The fraction of sp³-hybridized carbons (Fsp3) is 0.455. The summed E-state index contributed by atoms with van der Waals surface area (Å²) in [6.07, 6.45) is 2.17. The minimum absolute atomic E-state index is 1.02. The minimum Gasteiger partial charge on any atom is -0.305 e. The number of benzene rings is 2. The molecule has 1 aliphatic carbocycles. The van der Waals surface area contributed by atoms with Crippen LogP contribution < -0.4 is 0 Å². The average molecular weight is 322 g/mol. The Hall–Kier alpha value is -1.64. The zero-order valence-electron chi connectivity index (χ0n) is 15.6. The first-order valence-corrected chi connectivity index (χ1v) is 9.18. The van der Waals surface area contributed by atoms with E-state index in [-0.39, 0.29) is 0 Å². The molecule has 3 rings (SSSR count). The second kappa shape index (κ2) is 7.50. The summed E-state index contributed by atoms with van der Waals surface area (Å²) in [5.74, 6) is 0. The van der Waals surface area contributed by atoms with Gasteiger partial charge >= 0.3 is 0 Å². The van der Waals surface area contributed by atoms with Crippen molar-refractivity contribution in [1.82, 2.24) is 9.80 Å². The van der Waals surface area contributed by atoms with Crippen LogP contribution in [-0.2, 0) is 25.9 Å². The Morgan fingerprint density at radius 1 is 0.750 bits per heavy atom. The number of hydrogen-bond acceptors (Lipinski definition) is 2. The van der Waals surface area contributed by atoms with Crippen molar-refractivity contribution in [3.05, 3.63) is 69.8 Å². The van der Waals surface area contributed by atoms with Crippen molar-refractivity contribution in [2.24, 2.45) is 0 Å². The molecule has 0 saturated heterocycles. The van der Waals surface area contributed by atoms with Crippen molar-refractivity contribution in [1.29, 1.82) is 0 Å². The lowest BCUT2D eigenvalue weighted by Crippen LogP contribution is -2.24. The normalized spacial score (nSPS) is 13.2. The Balaban J connectivity index is 2.02. The fourth-order valence-electron chi connectivity index (χ4n) is 3.84. The van der Waals surface area contributed by atoms with Crippen LogP contribution in [0.25, 0.3) is 0 Å². The molecule has 0 saturated carbocycles. The highest BCUT2D eigenvalue weighted by molar-refractivity contribution is 5.51. The smallest absolute Gasteiger partial charge is 0.0236 e. The van der Waals surface area contributed by atoms with Crippen molar-refractivity contribution in [3.8, 4) is 0 Å². The molecule has 0 unspecified atom stereocenters. The fourth-order valence-corrected chi connectivity index (χ4v) is 3.84. The Labute approximate surface area is 147 Å². The topological polar surface area (TPSA) is 6.48 Å². The molecule has 0 N–H and O–H groups in total. The summed E-state index contributed by atoms with van der Waals surface area (Å²) in [5, 5.41) is 0. The van der Waals surface area contributed by atoms with Gasteiger partial charge in [0.25, 0.3) is 0 Å². The lowest BCUT2D eigenvalue weighted by molar-refractivity contribution is 0.295. The van der Waals surface area contributed by atoms with Crippen LogP contribution in [0.4, 0.5) is 0 Å². The summed E-state index contributed by atoms with van der Waals surface area (Å²) in [4.78, 5) is 4.79. The highest BCUT2D eigenvalue weighted by atomic mass is 15.1. The molecule has 0 aromatic heterocycles.